The Morgan fingerprint density at radius 2 is 2.08 bits per heavy atom. The van der Waals surface area contributed by atoms with Gasteiger partial charge in [-0.1, -0.05) is 33.0 Å². The summed E-state index contributed by atoms with van der Waals surface area (Å²) >= 11 is 5.04. The van der Waals surface area contributed by atoms with E-state index < -0.39 is 5.41 Å². The lowest BCUT2D eigenvalue weighted by atomic mass is 9.74. The third-order valence-electron chi connectivity index (χ3n) is 2.86. The van der Waals surface area contributed by atoms with Crippen LogP contribution in [0.4, 0.5) is 0 Å². The molecule has 2 unspecified atom stereocenters. The number of nitrogens with two attached hydrogens (primary N) is 1. The molecule has 0 bridgehead atoms. The Bertz CT molecular complexity index is 203. The van der Waals surface area contributed by atoms with Gasteiger partial charge in [0.05, 0.1) is 5.41 Å². The molecule has 0 rings (SSSR count). The quantitative estimate of drug-likeness (QED) is 0.683. The Balaban J connectivity index is 4.75. The average Bonchev–Trinajstić information content (AvgIpc) is 2.01. The molecule has 2 atom stereocenters. The first kappa shape index (κ1) is 11.6. The predicted octanol–water partition coefficient (Wildman–Crippen LogP) is 1.91. The van der Waals surface area contributed by atoms with Crippen molar-refractivity contribution in [2.75, 3.05) is 0 Å². The van der Waals surface area contributed by atoms with Gasteiger partial charge in [-0.2, -0.15) is 0 Å². The first-order chi connectivity index (χ1) is 5.36. The van der Waals surface area contributed by atoms with Crippen molar-refractivity contribution < 1.29 is 4.79 Å². The molecule has 0 aromatic carbocycles. The Morgan fingerprint density at radius 3 is 2.17 bits per heavy atom. The van der Waals surface area contributed by atoms with Gasteiger partial charge >= 0.3 is 0 Å². The molecule has 0 saturated carbocycles. The van der Waals surface area contributed by atoms with Crippen molar-refractivity contribution in [1.29, 1.82) is 0 Å². The van der Waals surface area contributed by atoms with Crippen LogP contribution in [0.25, 0.3) is 0 Å². The van der Waals surface area contributed by atoms with E-state index in [1.165, 1.54) is 0 Å². The highest BCUT2D eigenvalue weighted by atomic mass is 32.1. The standard InChI is InChI=1S/C9H17NOS/c1-5-9(4,8(10)11)6(2)7(3)12/h6H,5H2,1-4H3,(H2,10,11). The number of amides is 1. The number of carbonyl (C=O) groups is 1. The van der Waals surface area contributed by atoms with Gasteiger partial charge in [-0.15, -0.1) is 0 Å². The van der Waals surface area contributed by atoms with E-state index in [0.717, 1.165) is 11.3 Å². The molecule has 0 radical (unpaired) electrons. The van der Waals surface area contributed by atoms with Crippen molar-refractivity contribution in [1.82, 2.24) is 0 Å². The monoisotopic (exact) mass is 187 g/mol. The van der Waals surface area contributed by atoms with E-state index in [-0.39, 0.29) is 11.8 Å². The first-order valence-electron chi connectivity index (χ1n) is 4.16. The zero-order chi connectivity index (χ0) is 9.94. The van der Waals surface area contributed by atoms with Gasteiger partial charge in [-0.05, 0) is 18.2 Å². The summed E-state index contributed by atoms with van der Waals surface area (Å²) in [6, 6.07) is 0. The van der Waals surface area contributed by atoms with Crippen molar-refractivity contribution in [3.05, 3.63) is 0 Å². The smallest absolute Gasteiger partial charge is 0.223 e. The second kappa shape index (κ2) is 3.99. The van der Waals surface area contributed by atoms with Crippen LogP contribution in [0.5, 0.6) is 0 Å². The molecule has 0 spiro atoms. The molecule has 1 amide bonds. The second-order valence-electron chi connectivity index (χ2n) is 3.47. The van der Waals surface area contributed by atoms with Crippen LogP contribution in [0, 0.1) is 11.3 Å². The average molecular weight is 187 g/mol. The van der Waals surface area contributed by atoms with Gasteiger partial charge in [0.15, 0.2) is 0 Å². The molecule has 0 aromatic heterocycles. The maximum atomic E-state index is 11.2. The molecular formula is C9H17NOS. The third-order valence-corrected chi connectivity index (χ3v) is 3.22. The zero-order valence-electron chi connectivity index (χ0n) is 8.18. The van der Waals surface area contributed by atoms with Gasteiger partial charge in [-0.3, -0.25) is 4.79 Å². The lowest BCUT2D eigenvalue weighted by Crippen LogP contribution is -2.41. The van der Waals surface area contributed by atoms with Crippen LogP contribution in [-0.2, 0) is 4.79 Å². The maximum Gasteiger partial charge on any atom is 0.223 e. The molecule has 0 aliphatic carbocycles. The highest BCUT2D eigenvalue weighted by molar-refractivity contribution is 7.80. The van der Waals surface area contributed by atoms with E-state index in [1.54, 1.807) is 0 Å². The lowest BCUT2D eigenvalue weighted by Gasteiger charge is -2.30. The molecule has 0 aliphatic rings. The number of carbonyl (C=O) groups excluding carboxylic acids is 1. The van der Waals surface area contributed by atoms with Crippen molar-refractivity contribution >= 4 is 23.0 Å². The van der Waals surface area contributed by atoms with E-state index in [9.17, 15) is 4.79 Å². The number of hydrogen-bond donors (Lipinski definition) is 1. The molecule has 3 heteroatoms. The maximum absolute atomic E-state index is 11.2. The van der Waals surface area contributed by atoms with Crippen molar-refractivity contribution in [2.24, 2.45) is 17.1 Å². The van der Waals surface area contributed by atoms with Gasteiger partial charge in [0.2, 0.25) is 5.91 Å². The third kappa shape index (κ3) is 2.03. The molecule has 0 saturated heterocycles. The highest BCUT2D eigenvalue weighted by Crippen LogP contribution is 2.31. The molecule has 12 heavy (non-hydrogen) atoms. The van der Waals surface area contributed by atoms with Gasteiger partial charge in [0.25, 0.3) is 0 Å². The molecular weight excluding hydrogens is 170 g/mol. The van der Waals surface area contributed by atoms with E-state index in [1.807, 2.05) is 27.7 Å². The fourth-order valence-corrected chi connectivity index (χ4v) is 1.40. The summed E-state index contributed by atoms with van der Waals surface area (Å²) in [4.78, 5) is 12.0. The van der Waals surface area contributed by atoms with Gasteiger partial charge in [0.1, 0.15) is 0 Å². The van der Waals surface area contributed by atoms with E-state index in [4.69, 9.17) is 18.0 Å². The summed E-state index contributed by atoms with van der Waals surface area (Å²) in [5.41, 5.74) is 4.84. The minimum Gasteiger partial charge on any atom is -0.369 e. The van der Waals surface area contributed by atoms with Gasteiger partial charge < -0.3 is 5.73 Å². The van der Waals surface area contributed by atoms with E-state index in [0.29, 0.717) is 0 Å². The van der Waals surface area contributed by atoms with Crippen LogP contribution in [-0.4, -0.2) is 10.8 Å². The fraction of sp³-hybridized carbons (Fsp3) is 0.778. The van der Waals surface area contributed by atoms with Crippen LogP contribution in [0.2, 0.25) is 0 Å². The van der Waals surface area contributed by atoms with Gasteiger partial charge in [-0.25, -0.2) is 0 Å². The van der Waals surface area contributed by atoms with E-state index in [2.05, 4.69) is 0 Å². The van der Waals surface area contributed by atoms with Crippen LogP contribution in [0.3, 0.4) is 0 Å². The highest BCUT2D eigenvalue weighted by Gasteiger charge is 2.36. The summed E-state index contributed by atoms with van der Waals surface area (Å²) in [6.07, 6.45) is 0.734. The molecule has 0 aliphatic heterocycles. The van der Waals surface area contributed by atoms with Gasteiger partial charge in [0, 0.05) is 5.92 Å². The van der Waals surface area contributed by atoms with Crippen LogP contribution in [0.15, 0.2) is 0 Å². The normalized spacial score (nSPS) is 18.0. The largest absolute Gasteiger partial charge is 0.369 e. The fourth-order valence-electron chi connectivity index (χ4n) is 1.14. The number of primary amides is 1. The van der Waals surface area contributed by atoms with Crippen molar-refractivity contribution in [3.63, 3.8) is 0 Å². The lowest BCUT2D eigenvalue weighted by molar-refractivity contribution is -0.128. The SMILES string of the molecule is CCC(C)(C(N)=O)C(C)C(C)=S. The Labute approximate surface area is 79.5 Å². The predicted molar refractivity (Wildman–Crippen MR) is 55.0 cm³/mol. The number of hydrogen-bond acceptors (Lipinski definition) is 2. The molecule has 0 heterocycles. The first-order valence-corrected chi connectivity index (χ1v) is 4.57. The topological polar surface area (TPSA) is 43.1 Å². The van der Waals surface area contributed by atoms with Crippen LogP contribution >= 0.6 is 12.2 Å². The number of rotatable bonds is 4. The summed E-state index contributed by atoms with van der Waals surface area (Å²) in [5.74, 6) is -0.184. The molecule has 0 aromatic rings. The zero-order valence-corrected chi connectivity index (χ0v) is 8.99. The minimum atomic E-state index is -0.480. The molecule has 2 nitrogen and oxygen atoms in total. The molecule has 70 valence electrons. The molecule has 2 N–H and O–H groups in total. The summed E-state index contributed by atoms with van der Waals surface area (Å²) in [5, 5.41) is 0. The number of thiocarbonyl (C=S) groups is 1. The Morgan fingerprint density at radius 1 is 1.67 bits per heavy atom. The summed E-state index contributed by atoms with van der Waals surface area (Å²) < 4.78 is 0. The van der Waals surface area contributed by atoms with Crippen LogP contribution < -0.4 is 5.73 Å². The Hall–Kier alpha value is -0.440. The summed E-state index contributed by atoms with van der Waals surface area (Å²) in [6.45, 7) is 7.64. The van der Waals surface area contributed by atoms with Crippen molar-refractivity contribution in [3.8, 4) is 0 Å². The Kier molecular flexibility index (Phi) is 3.84. The van der Waals surface area contributed by atoms with Crippen LogP contribution in [0.1, 0.15) is 34.1 Å². The second-order valence-corrected chi connectivity index (χ2v) is 4.11. The van der Waals surface area contributed by atoms with E-state index >= 15 is 0 Å². The molecule has 0 fully saturated rings. The minimum absolute atomic E-state index is 0.0787. The summed E-state index contributed by atoms with van der Waals surface area (Å²) in [7, 11) is 0. The van der Waals surface area contributed by atoms with Crippen molar-refractivity contribution in [2.45, 2.75) is 34.1 Å².